The van der Waals surface area contributed by atoms with Crippen molar-refractivity contribution in [2.24, 2.45) is 5.73 Å². The van der Waals surface area contributed by atoms with E-state index < -0.39 is 48.7 Å². The quantitative estimate of drug-likeness (QED) is 0.140. The summed E-state index contributed by atoms with van der Waals surface area (Å²) in [7, 11) is 0. The van der Waals surface area contributed by atoms with Gasteiger partial charge in [0.2, 0.25) is 11.2 Å². The zero-order valence-corrected chi connectivity index (χ0v) is 31.9. The summed E-state index contributed by atoms with van der Waals surface area (Å²) in [5, 5.41) is 18.0. The van der Waals surface area contributed by atoms with Gasteiger partial charge in [-0.25, -0.2) is 9.59 Å². The highest BCUT2D eigenvalue weighted by Crippen LogP contribution is 2.60. The predicted molar refractivity (Wildman–Crippen MR) is 203 cm³/mol. The number of benzene rings is 5. The highest BCUT2D eigenvalue weighted by molar-refractivity contribution is 6.34. The molecule has 7 nitrogen and oxygen atoms in total. The smallest absolute Gasteiger partial charge is 0.426 e. The molecule has 0 saturated carbocycles. The molecule has 0 radical (unpaired) electrons. The molecule has 0 aromatic heterocycles. The minimum absolute atomic E-state index is 0.152. The van der Waals surface area contributed by atoms with E-state index in [1.807, 2.05) is 37.3 Å². The van der Waals surface area contributed by atoms with Crippen LogP contribution in [0.2, 0.25) is 10.0 Å². The molecule has 2 aliphatic carbocycles. The molecule has 3 atom stereocenters. The van der Waals surface area contributed by atoms with Crippen LogP contribution in [-0.4, -0.2) is 47.7 Å². The molecule has 7 rings (SSSR count). The molecule has 0 heterocycles. The lowest BCUT2D eigenvalue weighted by atomic mass is 9.89. The summed E-state index contributed by atoms with van der Waals surface area (Å²) in [5.74, 6) is -2.97. The Morgan fingerprint density at radius 3 is 1.30 bits per heavy atom. The third-order valence-electron chi connectivity index (χ3n) is 9.33. The molecule has 0 spiro atoms. The standard InChI is InChI=1S/2C17H12ClF3O3.C8H11N/c2*1-9-6-12-15(13(18)7-9)10-4-2-3-5-11(10)16(12,17(19,20)21)24-8-14(22)23;1-7(9)8-5-3-2-4-6-8/h2*2-7H,8H2,1H3,(H,22,23);2-7H,9H2,1H3/t16-;;7-/m1.1/s1. The first-order chi connectivity index (χ1) is 26.7. The zero-order valence-electron chi connectivity index (χ0n) is 30.4. The van der Waals surface area contributed by atoms with Crippen molar-refractivity contribution in [2.45, 2.75) is 50.4 Å². The van der Waals surface area contributed by atoms with Gasteiger partial charge in [0.15, 0.2) is 0 Å². The second-order valence-electron chi connectivity index (χ2n) is 13.4. The number of carboxylic acids is 2. The number of halogens is 8. The first kappa shape index (κ1) is 43.2. The zero-order chi connectivity index (χ0) is 42.1. The van der Waals surface area contributed by atoms with Crippen LogP contribution in [0.1, 0.15) is 51.9 Å². The molecular weight excluding hydrogens is 799 g/mol. The van der Waals surface area contributed by atoms with Crippen molar-refractivity contribution < 1.29 is 55.6 Å². The Morgan fingerprint density at radius 2 is 0.982 bits per heavy atom. The predicted octanol–water partition coefficient (Wildman–Crippen LogP) is 10.8. The van der Waals surface area contributed by atoms with Crippen molar-refractivity contribution in [1.82, 2.24) is 0 Å². The number of aliphatic carboxylic acids is 2. The van der Waals surface area contributed by atoms with E-state index in [1.165, 1.54) is 54.1 Å². The van der Waals surface area contributed by atoms with Gasteiger partial charge in [0, 0.05) is 49.5 Å². The topological polar surface area (TPSA) is 119 Å². The van der Waals surface area contributed by atoms with Crippen LogP contribution < -0.4 is 5.73 Å². The fourth-order valence-corrected chi connectivity index (χ4v) is 7.83. The average Bonchev–Trinajstić information content (AvgIpc) is 3.59. The Bertz CT molecular complexity index is 2160. The van der Waals surface area contributed by atoms with Crippen LogP contribution in [-0.2, 0) is 30.3 Å². The first-order valence-corrected chi connectivity index (χ1v) is 17.9. The van der Waals surface area contributed by atoms with Crippen molar-refractivity contribution in [3.63, 3.8) is 0 Å². The summed E-state index contributed by atoms with van der Waals surface area (Å²) >= 11 is 12.4. The molecule has 1 unspecified atom stereocenters. The van der Waals surface area contributed by atoms with E-state index in [4.69, 9.17) is 48.6 Å². The largest absolute Gasteiger partial charge is 0.480 e. The number of nitrogens with two attached hydrogens (primary N) is 1. The number of carbonyl (C=O) groups is 2. The number of rotatable bonds is 7. The van der Waals surface area contributed by atoms with Gasteiger partial charge in [-0.1, -0.05) is 114 Å². The molecule has 300 valence electrons. The maximum Gasteiger partial charge on any atom is 0.426 e. The summed E-state index contributed by atoms with van der Waals surface area (Å²) < 4.78 is 94.7. The van der Waals surface area contributed by atoms with Gasteiger partial charge >= 0.3 is 24.3 Å². The third-order valence-corrected chi connectivity index (χ3v) is 9.92. The summed E-state index contributed by atoms with van der Waals surface area (Å²) in [4.78, 5) is 21.7. The molecular formula is C42H35Cl2F6NO6. The van der Waals surface area contributed by atoms with Gasteiger partial charge in [-0.05, 0) is 60.7 Å². The summed E-state index contributed by atoms with van der Waals surface area (Å²) in [5.41, 5.74) is 2.52. The van der Waals surface area contributed by atoms with Gasteiger partial charge in [0.25, 0.3) is 0 Å². The van der Waals surface area contributed by atoms with Crippen LogP contribution in [0.15, 0.2) is 103 Å². The van der Waals surface area contributed by atoms with Crippen molar-refractivity contribution in [2.75, 3.05) is 13.2 Å². The lowest BCUT2D eigenvalue weighted by molar-refractivity contribution is -0.265. The monoisotopic (exact) mass is 833 g/mol. The number of ether oxygens (including phenoxy) is 2. The van der Waals surface area contributed by atoms with Gasteiger partial charge in [-0.2, -0.15) is 26.3 Å². The van der Waals surface area contributed by atoms with E-state index in [2.05, 4.69) is 0 Å². The minimum Gasteiger partial charge on any atom is -0.480 e. The molecule has 57 heavy (non-hydrogen) atoms. The van der Waals surface area contributed by atoms with E-state index in [9.17, 15) is 35.9 Å². The SMILES string of the molecule is C[C@@H](N)c1ccccc1.Cc1cc(Cl)c2c(c1)C(OCC(=O)O)(C(F)(F)F)c1ccccc1-2.Cc1cc(Cl)c2c(c1)[C@@](OCC(=O)O)(C(F)(F)F)c1ccccc1-2. The fraction of sp³-hybridized carbons (Fsp3) is 0.238. The fourth-order valence-electron chi connectivity index (χ4n) is 7.08. The van der Waals surface area contributed by atoms with E-state index in [0.29, 0.717) is 22.3 Å². The third kappa shape index (κ3) is 8.12. The summed E-state index contributed by atoms with van der Waals surface area (Å²) in [6, 6.07) is 27.8. The van der Waals surface area contributed by atoms with Crippen LogP contribution in [0.5, 0.6) is 0 Å². The normalized spacial score (nSPS) is 18.1. The van der Waals surface area contributed by atoms with E-state index in [0.717, 1.165) is 0 Å². The average molecular weight is 835 g/mol. The molecule has 2 aliphatic rings. The lowest BCUT2D eigenvalue weighted by Crippen LogP contribution is -2.45. The number of fused-ring (bicyclic) bond motifs is 6. The van der Waals surface area contributed by atoms with Gasteiger partial charge in [0.05, 0.1) is 0 Å². The van der Waals surface area contributed by atoms with Crippen LogP contribution in [0, 0.1) is 13.8 Å². The maximum atomic E-state index is 14.1. The molecule has 15 heteroatoms. The second kappa shape index (κ2) is 16.5. The van der Waals surface area contributed by atoms with Crippen LogP contribution in [0.4, 0.5) is 26.3 Å². The van der Waals surface area contributed by atoms with Crippen LogP contribution in [0.3, 0.4) is 0 Å². The molecule has 0 bridgehead atoms. The van der Waals surface area contributed by atoms with Crippen molar-refractivity contribution in [3.8, 4) is 22.3 Å². The number of hydrogen-bond donors (Lipinski definition) is 3. The number of hydrogen-bond acceptors (Lipinski definition) is 5. The summed E-state index contributed by atoms with van der Waals surface area (Å²) in [6.07, 6.45) is -9.72. The first-order valence-electron chi connectivity index (χ1n) is 17.1. The Morgan fingerprint density at radius 1 is 0.632 bits per heavy atom. The number of alkyl halides is 6. The molecule has 5 aromatic rings. The van der Waals surface area contributed by atoms with E-state index in [-0.39, 0.29) is 49.5 Å². The van der Waals surface area contributed by atoms with Gasteiger partial charge in [0.1, 0.15) is 13.2 Å². The van der Waals surface area contributed by atoms with Gasteiger partial charge in [-0.3, -0.25) is 0 Å². The van der Waals surface area contributed by atoms with Gasteiger partial charge < -0.3 is 25.4 Å². The van der Waals surface area contributed by atoms with Crippen molar-refractivity contribution in [3.05, 3.63) is 152 Å². The van der Waals surface area contributed by atoms with Crippen molar-refractivity contribution in [1.29, 1.82) is 0 Å². The molecule has 0 aliphatic heterocycles. The maximum absolute atomic E-state index is 14.1. The molecule has 5 aromatic carbocycles. The lowest BCUT2D eigenvalue weighted by Gasteiger charge is -2.33. The second-order valence-corrected chi connectivity index (χ2v) is 14.2. The van der Waals surface area contributed by atoms with E-state index in [1.54, 1.807) is 38.1 Å². The summed E-state index contributed by atoms with van der Waals surface area (Å²) in [6.45, 7) is 3.05. The highest BCUT2D eigenvalue weighted by atomic mass is 35.5. The van der Waals surface area contributed by atoms with Gasteiger partial charge in [-0.15, -0.1) is 0 Å². The number of carboxylic acid groups (broad SMARTS) is 2. The Hall–Kier alpha value is -4.92. The number of aryl methyl sites for hydroxylation is 2. The Balaban J connectivity index is 0.000000179. The Labute approximate surface area is 333 Å². The highest BCUT2D eigenvalue weighted by Gasteiger charge is 2.64. The van der Waals surface area contributed by atoms with Crippen LogP contribution >= 0.6 is 23.2 Å². The Kier molecular flexibility index (Phi) is 12.5. The molecule has 0 fully saturated rings. The minimum atomic E-state index is -4.86. The molecule has 0 saturated heterocycles. The molecule has 0 amide bonds. The molecule has 4 N–H and O–H groups in total. The van der Waals surface area contributed by atoms with Crippen LogP contribution in [0.25, 0.3) is 22.3 Å². The van der Waals surface area contributed by atoms with E-state index >= 15 is 0 Å². The van der Waals surface area contributed by atoms with Crippen molar-refractivity contribution >= 4 is 35.1 Å².